The zero-order valence-corrected chi connectivity index (χ0v) is 12.3. The third kappa shape index (κ3) is 4.68. The summed E-state index contributed by atoms with van der Waals surface area (Å²) in [7, 11) is 0. The van der Waals surface area contributed by atoms with Crippen LogP contribution < -0.4 is 4.72 Å². The normalized spacial score (nSPS) is 13.9. The number of hydrogen-bond acceptors (Lipinski definition) is 6. The van der Waals surface area contributed by atoms with Gasteiger partial charge in [0.15, 0.2) is 0 Å². The number of nitrogens with one attached hydrogen (secondary N) is 1. The van der Waals surface area contributed by atoms with Crippen LogP contribution >= 0.6 is 24.1 Å². The Balaban J connectivity index is 2.84. The van der Waals surface area contributed by atoms with Crippen molar-refractivity contribution in [1.82, 2.24) is 4.72 Å². The summed E-state index contributed by atoms with van der Waals surface area (Å²) in [6, 6.07) is 5.91. The fourth-order valence-electron chi connectivity index (χ4n) is 1.52. The highest BCUT2D eigenvalue weighted by atomic mass is 32.2. The van der Waals surface area contributed by atoms with Crippen LogP contribution in [0, 0.1) is 0 Å². The van der Waals surface area contributed by atoms with E-state index in [9.17, 15) is 13.8 Å². The number of halogens is 1. The van der Waals surface area contributed by atoms with Crippen molar-refractivity contribution in [1.29, 1.82) is 0 Å². The van der Waals surface area contributed by atoms with Crippen LogP contribution in [0.5, 0.6) is 0 Å². The molecule has 0 bridgehead atoms. The number of aliphatic hydroxyl groups is 1. The molecule has 0 spiro atoms. The molecule has 0 aliphatic carbocycles. The predicted octanol–water partition coefficient (Wildman–Crippen LogP) is 2.50. The number of ether oxygens (including phenoxy) is 1. The van der Waals surface area contributed by atoms with E-state index in [2.05, 4.69) is 4.72 Å². The maximum absolute atomic E-state index is 12.3. The maximum atomic E-state index is 12.3. The van der Waals surface area contributed by atoms with Gasteiger partial charge >= 0.3 is 5.97 Å². The Morgan fingerprint density at radius 1 is 1.47 bits per heavy atom. The lowest BCUT2D eigenvalue weighted by Crippen LogP contribution is -2.39. The molecule has 1 aromatic carbocycles. The minimum absolute atomic E-state index is 0.173. The van der Waals surface area contributed by atoms with E-state index in [-0.39, 0.29) is 18.9 Å². The molecule has 2 atom stereocenters. The summed E-state index contributed by atoms with van der Waals surface area (Å²) in [6.07, 6.45) is 0.770. The molecule has 19 heavy (non-hydrogen) atoms. The maximum Gasteiger partial charge on any atom is 0.327 e. The minimum Gasteiger partial charge on any atom is -0.465 e. The highest BCUT2D eigenvalue weighted by molar-refractivity contribution is 7.98. The predicted molar refractivity (Wildman–Crippen MR) is 75.4 cm³/mol. The van der Waals surface area contributed by atoms with Gasteiger partial charge in [-0.3, -0.25) is 4.79 Å². The molecule has 0 aromatic heterocycles. The summed E-state index contributed by atoms with van der Waals surface area (Å²) in [5, 5.41) is 10.1. The van der Waals surface area contributed by atoms with Crippen LogP contribution in [0.3, 0.4) is 0 Å². The molecule has 0 amide bonds. The van der Waals surface area contributed by atoms with E-state index in [0.717, 1.165) is 4.90 Å². The smallest absolute Gasteiger partial charge is 0.327 e. The first-order valence-electron chi connectivity index (χ1n) is 5.65. The second kappa shape index (κ2) is 8.42. The Kier molecular flexibility index (Phi) is 7.22. The first-order valence-corrected chi connectivity index (χ1v) is 7.60. The molecular formula is C12H16FNO3S2. The van der Waals surface area contributed by atoms with Gasteiger partial charge in [-0.15, -0.1) is 15.6 Å². The van der Waals surface area contributed by atoms with Crippen molar-refractivity contribution in [2.75, 3.05) is 12.9 Å². The van der Waals surface area contributed by atoms with Crippen LogP contribution in [-0.4, -0.2) is 30.0 Å². The highest BCUT2D eigenvalue weighted by Gasteiger charge is 2.29. The van der Waals surface area contributed by atoms with Gasteiger partial charge in [0.25, 0.3) is 0 Å². The van der Waals surface area contributed by atoms with Crippen molar-refractivity contribution in [3.63, 3.8) is 0 Å². The summed E-state index contributed by atoms with van der Waals surface area (Å²) >= 11 is 1.35. The van der Waals surface area contributed by atoms with E-state index in [1.54, 1.807) is 30.8 Å². The molecule has 1 rings (SSSR count). The fraction of sp³-hybridized carbons (Fsp3) is 0.417. The number of aliphatic hydroxyl groups excluding tert-OH is 1. The molecule has 106 valence electrons. The third-order valence-corrected chi connectivity index (χ3v) is 3.57. The number of thioether (sulfide) groups is 1. The van der Waals surface area contributed by atoms with Gasteiger partial charge in [-0.1, -0.05) is 12.1 Å². The minimum atomic E-state index is -1.17. The van der Waals surface area contributed by atoms with E-state index in [0.29, 0.717) is 5.56 Å². The molecule has 1 aromatic rings. The number of rotatable bonds is 7. The number of carbonyl (C=O) groups is 1. The van der Waals surface area contributed by atoms with Crippen LogP contribution in [0.15, 0.2) is 29.2 Å². The quantitative estimate of drug-likeness (QED) is 0.458. The SMILES string of the molecule is CCOC(=O)C(NSF)C(O)c1ccc(SC)cc1. The van der Waals surface area contributed by atoms with Crippen LogP contribution in [0.2, 0.25) is 0 Å². The van der Waals surface area contributed by atoms with Crippen molar-refractivity contribution in [2.45, 2.75) is 24.0 Å². The fourth-order valence-corrected chi connectivity index (χ4v) is 2.24. The number of benzene rings is 1. The van der Waals surface area contributed by atoms with Gasteiger partial charge in [-0.25, -0.2) is 4.72 Å². The van der Waals surface area contributed by atoms with Gasteiger partial charge in [-0.2, -0.15) is 0 Å². The van der Waals surface area contributed by atoms with Gasteiger partial charge in [0.1, 0.15) is 24.5 Å². The molecule has 0 saturated carbocycles. The molecule has 0 fully saturated rings. The molecule has 4 nitrogen and oxygen atoms in total. The lowest BCUT2D eigenvalue weighted by atomic mass is 10.0. The van der Waals surface area contributed by atoms with Gasteiger partial charge in [0.05, 0.1) is 6.61 Å². The zero-order valence-electron chi connectivity index (χ0n) is 10.6. The summed E-state index contributed by atoms with van der Waals surface area (Å²) in [6.45, 7) is 1.82. The molecule has 0 radical (unpaired) electrons. The Morgan fingerprint density at radius 3 is 2.58 bits per heavy atom. The first kappa shape index (κ1) is 16.3. The van der Waals surface area contributed by atoms with E-state index in [4.69, 9.17) is 4.74 Å². The Morgan fingerprint density at radius 2 is 2.11 bits per heavy atom. The summed E-state index contributed by atoms with van der Waals surface area (Å²) in [4.78, 5) is 12.7. The Hall–Kier alpha value is -0.760. The lowest BCUT2D eigenvalue weighted by Gasteiger charge is -2.20. The summed E-state index contributed by atoms with van der Waals surface area (Å²) in [5.41, 5.74) is 0.525. The van der Waals surface area contributed by atoms with Crippen LogP contribution in [0.1, 0.15) is 18.6 Å². The van der Waals surface area contributed by atoms with Crippen LogP contribution in [-0.2, 0) is 9.53 Å². The highest BCUT2D eigenvalue weighted by Crippen LogP contribution is 2.23. The molecule has 2 N–H and O–H groups in total. The standard InChI is InChI=1S/C12H16FNO3S2/c1-3-17-12(16)10(14-19-13)11(15)8-4-6-9(18-2)7-5-8/h4-7,10-11,14-15H,3H2,1-2H3. The monoisotopic (exact) mass is 305 g/mol. The zero-order chi connectivity index (χ0) is 14.3. The average Bonchev–Trinajstić information content (AvgIpc) is 2.44. The van der Waals surface area contributed by atoms with Crippen molar-refractivity contribution >= 4 is 30.1 Å². The second-order valence-electron chi connectivity index (χ2n) is 3.64. The van der Waals surface area contributed by atoms with Crippen molar-refractivity contribution < 1.29 is 18.5 Å². The van der Waals surface area contributed by atoms with E-state index in [1.807, 2.05) is 18.4 Å². The Bertz CT molecular complexity index is 402. The number of carbonyl (C=O) groups excluding carboxylic acids is 1. The first-order chi connectivity index (χ1) is 9.13. The number of hydrogen-bond donors (Lipinski definition) is 2. The van der Waals surface area contributed by atoms with E-state index in [1.165, 1.54) is 0 Å². The summed E-state index contributed by atoms with van der Waals surface area (Å²) < 4.78 is 19.3. The molecule has 2 unspecified atom stereocenters. The van der Waals surface area contributed by atoms with Gasteiger partial charge < -0.3 is 9.84 Å². The van der Waals surface area contributed by atoms with Crippen molar-refractivity contribution in [3.05, 3.63) is 29.8 Å². The van der Waals surface area contributed by atoms with Crippen LogP contribution in [0.4, 0.5) is 3.89 Å². The Labute approximate surface area is 120 Å². The van der Waals surface area contributed by atoms with Crippen molar-refractivity contribution in [3.8, 4) is 0 Å². The molecule has 0 aliphatic rings. The molecule has 0 aliphatic heterocycles. The molecule has 7 heteroatoms. The van der Waals surface area contributed by atoms with Crippen molar-refractivity contribution in [2.24, 2.45) is 0 Å². The summed E-state index contributed by atoms with van der Waals surface area (Å²) in [5.74, 6) is -0.686. The molecule has 0 heterocycles. The van der Waals surface area contributed by atoms with Gasteiger partial charge in [-0.05, 0) is 30.9 Å². The molecular weight excluding hydrogens is 289 g/mol. The third-order valence-electron chi connectivity index (χ3n) is 2.49. The second-order valence-corrected chi connectivity index (χ2v) is 4.91. The lowest BCUT2D eigenvalue weighted by molar-refractivity contribution is -0.148. The van der Waals surface area contributed by atoms with Gasteiger partial charge in [0, 0.05) is 4.90 Å². The molecule has 0 saturated heterocycles. The van der Waals surface area contributed by atoms with E-state index < -0.39 is 18.1 Å². The van der Waals surface area contributed by atoms with Gasteiger partial charge in [0.2, 0.25) is 0 Å². The van der Waals surface area contributed by atoms with E-state index >= 15 is 0 Å². The average molecular weight is 305 g/mol. The topological polar surface area (TPSA) is 58.6 Å². The number of esters is 1. The largest absolute Gasteiger partial charge is 0.465 e. The van der Waals surface area contributed by atoms with Crippen LogP contribution in [0.25, 0.3) is 0 Å².